The Labute approximate surface area is 117 Å². The molecule has 1 aliphatic heterocycles. The molecule has 1 unspecified atom stereocenters. The fourth-order valence-electron chi connectivity index (χ4n) is 2.27. The number of likely N-dealkylation sites (tertiary alicyclic amines) is 1. The van der Waals surface area contributed by atoms with Crippen LogP contribution in [-0.4, -0.2) is 46.8 Å². The lowest BCUT2D eigenvalue weighted by molar-refractivity contribution is -0.136. The van der Waals surface area contributed by atoms with Crippen LogP contribution in [-0.2, 0) is 16.0 Å². The van der Waals surface area contributed by atoms with E-state index in [1.165, 1.54) is 13.4 Å². The summed E-state index contributed by atoms with van der Waals surface area (Å²) in [5.74, 6) is 0.969. The molecular formula is C13H19N5O2. The third-order valence-corrected chi connectivity index (χ3v) is 3.37. The Morgan fingerprint density at radius 1 is 1.35 bits per heavy atom. The minimum absolute atomic E-state index is 0.166. The summed E-state index contributed by atoms with van der Waals surface area (Å²) in [4.78, 5) is 33.0. The van der Waals surface area contributed by atoms with Gasteiger partial charge in [0.1, 0.15) is 24.0 Å². The molecular weight excluding hydrogens is 258 g/mol. The molecule has 20 heavy (non-hydrogen) atoms. The van der Waals surface area contributed by atoms with Crippen molar-refractivity contribution in [2.24, 2.45) is 0 Å². The zero-order chi connectivity index (χ0) is 14.7. The smallest absolute Gasteiger partial charge is 0.251 e. The molecule has 108 valence electrons. The van der Waals surface area contributed by atoms with Crippen molar-refractivity contribution in [3.63, 3.8) is 0 Å². The van der Waals surface area contributed by atoms with Crippen molar-refractivity contribution in [3.8, 4) is 0 Å². The third-order valence-electron chi connectivity index (χ3n) is 3.37. The van der Waals surface area contributed by atoms with Crippen LogP contribution in [0.5, 0.6) is 0 Å². The molecule has 0 saturated carbocycles. The Balaban J connectivity index is 2.25. The average molecular weight is 277 g/mol. The van der Waals surface area contributed by atoms with Gasteiger partial charge in [-0.2, -0.15) is 0 Å². The molecule has 0 spiro atoms. The summed E-state index contributed by atoms with van der Waals surface area (Å²) in [5, 5.41) is 6.10. The number of amides is 2. The molecule has 2 N–H and O–H groups in total. The predicted octanol–water partition coefficient (Wildman–Crippen LogP) is 0.640. The van der Waals surface area contributed by atoms with Crippen molar-refractivity contribution in [1.82, 2.24) is 14.9 Å². The number of imide groups is 1. The van der Waals surface area contributed by atoms with Crippen LogP contribution in [0.4, 0.5) is 11.6 Å². The monoisotopic (exact) mass is 277 g/mol. The average Bonchev–Trinajstić information content (AvgIpc) is 2.68. The van der Waals surface area contributed by atoms with Crippen molar-refractivity contribution >= 4 is 23.5 Å². The number of hydrogen-bond donors (Lipinski definition) is 2. The van der Waals surface area contributed by atoms with Crippen LogP contribution in [0.1, 0.15) is 25.3 Å². The minimum atomic E-state index is -0.539. The highest BCUT2D eigenvalue weighted by atomic mass is 16.2. The zero-order valence-electron chi connectivity index (χ0n) is 11.9. The standard InChI is InChI=1S/C13H19N5O2/c1-4-5-8-11(14-2)15-7-16-12(8)17-9-6-10(19)18(3)13(9)20/h7,9H,4-6H2,1-3H3,(H2,14,15,16,17). The van der Waals surface area contributed by atoms with Crippen LogP contribution in [0.25, 0.3) is 0 Å². The summed E-state index contributed by atoms with van der Waals surface area (Å²) in [6.45, 7) is 2.06. The maximum absolute atomic E-state index is 11.9. The fourth-order valence-corrected chi connectivity index (χ4v) is 2.27. The summed E-state index contributed by atoms with van der Waals surface area (Å²) in [5.41, 5.74) is 0.937. The molecule has 1 saturated heterocycles. The molecule has 1 aliphatic rings. The second-order valence-corrected chi connectivity index (χ2v) is 4.74. The lowest BCUT2D eigenvalue weighted by atomic mass is 10.1. The fraction of sp³-hybridized carbons (Fsp3) is 0.538. The summed E-state index contributed by atoms with van der Waals surface area (Å²) in [6, 6.07) is -0.539. The number of likely N-dealkylation sites (N-methyl/N-ethyl adjacent to an activating group) is 1. The Morgan fingerprint density at radius 2 is 2.05 bits per heavy atom. The normalized spacial score (nSPS) is 18.6. The topological polar surface area (TPSA) is 87.2 Å². The van der Waals surface area contributed by atoms with Crippen LogP contribution in [0.3, 0.4) is 0 Å². The van der Waals surface area contributed by atoms with Gasteiger partial charge in [-0.25, -0.2) is 9.97 Å². The number of anilines is 2. The van der Waals surface area contributed by atoms with Crippen LogP contribution in [0, 0.1) is 0 Å². The summed E-state index contributed by atoms with van der Waals surface area (Å²) in [6.07, 6.45) is 3.34. The number of rotatable bonds is 5. The molecule has 0 aromatic carbocycles. The van der Waals surface area contributed by atoms with E-state index >= 15 is 0 Å². The van der Waals surface area contributed by atoms with E-state index in [9.17, 15) is 9.59 Å². The molecule has 2 amide bonds. The number of nitrogens with zero attached hydrogens (tertiary/aromatic N) is 3. The highest BCUT2D eigenvalue weighted by molar-refractivity contribution is 6.06. The Hall–Kier alpha value is -2.18. The van der Waals surface area contributed by atoms with Crippen molar-refractivity contribution in [2.75, 3.05) is 24.7 Å². The molecule has 2 heterocycles. The summed E-state index contributed by atoms with van der Waals surface area (Å²) >= 11 is 0. The van der Waals surface area contributed by atoms with Gasteiger partial charge >= 0.3 is 0 Å². The molecule has 1 fully saturated rings. The van der Waals surface area contributed by atoms with Crippen molar-refractivity contribution < 1.29 is 9.59 Å². The van der Waals surface area contributed by atoms with Gasteiger partial charge in [-0.15, -0.1) is 0 Å². The molecule has 0 radical (unpaired) electrons. The highest BCUT2D eigenvalue weighted by Crippen LogP contribution is 2.24. The van der Waals surface area contributed by atoms with E-state index in [1.807, 2.05) is 0 Å². The van der Waals surface area contributed by atoms with Gasteiger partial charge in [-0.05, 0) is 6.42 Å². The minimum Gasteiger partial charge on any atom is -0.373 e. The van der Waals surface area contributed by atoms with E-state index in [0.717, 1.165) is 29.1 Å². The first-order valence-electron chi connectivity index (χ1n) is 6.67. The van der Waals surface area contributed by atoms with E-state index in [1.54, 1.807) is 7.05 Å². The molecule has 2 rings (SSSR count). The van der Waals surface area contributed by atoms with Crippen LogP contribution < -0.4 is 10.6 Å². The summed E-state index contributed by atoms with van der Waals surface area (Å²) in [7, 11) is 3.29. The van der Waals surface area contributed by atoms with E-state index < -0.39 is 6.04 Å². The quantitative estimate of drug-likeness (QED) is 0.768. The zero-order valence-corrected chi connectivity index (χ0v) is 11.9. The number of nitrogens with one attached hydrogen (secondary N) is 2. The predicted molar refractivity (Wildman–Crippen MR) is 75.4 cm³/mol. The van der Waals surface area contributed by atoms with E-state index in [0.29, 0.717) is 5.82 Å². The first kappa shape index (κ1) is 14.2. The first-order chi connectivity index (χ1) is 9.58. The number of hydrogen-bond acceptors (Lipinski definition) is 6. The van der Waals surface area contributed by atoms with Crippen molar-refractivity contribution in [3.05, 3.63) is 11.9 Å². The van der Waals surface area contributed by atoms with Crippen molar-refractivity contribution in [2.45, 2.75) is 32.2 Å². The van der Waals surface area contributed by atoms with E-state index in [-0.39, 0.29) is 18.2 Å². The van der Waals surface area contributed by atoms with Gasteiger partial charge in [0.2, 0.25) is 5.91 Å². The molecule has 0 aliphatic carbocycles. The Bertz CT molecular complexity index is 531. The maximum Gasteiger partial charge on any atom is 0.251 e. The number of carbonyl (C=O) groups is 2. The lowest BCUT2D eigenvalue weighted by Gasteiger charge is -2.16. The highest BCUT2D eigenvalue weighted by Gasteiger charge is 2.36. The number of aromatic nitrogens is 2. The van der Waals surface area contributed by atoms with Crippen LogP contribution >= 0.6 is 0 Å². The van der Waals surface area contributed by atoms with Gasteiger partial charge < -0.3 is 10.6 Å². The maximum atomic E-state index is 11.9. The lowest BCUT2D eigenvalue weighted by Crippen LogP contribution is -2.32. The first-order valence-corrected chi connectivity index (χ1v) is 6.67. The molecule has 1 atom stereocenters. The van der Waals surface area contributed by atoms with Gasteiger partial charge in [0, 0.05) is 19.7 Å². The Morgan fingerprint density at radius 3 is 2.60 bits per heavy atom. The molecule has 0 bridgehead atoms. The SMILES string of the molecule is CCCc1c(NC)ncnc1NC1CC(=O)N(C)C1=O. The largest absolute Gasteiger partial charge is 0.373 e. The second kappa shape index (κ2) is 5.85. The molecule has 7 nitrogen and oxygen atoms in total. The summed E-state index contributed by atoms with van der Waals surface area (Å²) < 4.78 is 0. The van der Waals surface area contributed by atoms with Gasteiger partial charge in [0.05, 0.1) is 6.42 Å². The Kier molecular flexibility index (Phi) is 4.16. The molecule has 7 heteroatoms. The second-order valence-electron chi connectivity index (χ2n) is 4.74. The van der Waals surface area contributed by atoms with Gasteiger partial charge in [0.15, 0.2) is 0 Å². The number of carbonyl (C=O) groups excluding carboxylic acids is 2. The van der Waals surface area contributed by atoms with E-state index in [4.69, 9.17) is 0 Å². The third kappa shape index (κ3) is 2.56. The van der Waals surface area contributed by atoms with Gasteiger partial charge in [0.25, 0.3) is 5.91 Å². The van der Waals surface area contributed by atoms with Gasteiger partial charge in [-0.1, -0.05) is 13.3 Å². The molecule has 1 aromatic rings. The van der Waals surface area contributed by atoms with Gasteiger partial charge in [-0.3, -0.25) is 14.5 Å². The van der Waals surface area contributed by atoms with Crippen molar-refractivity contribution in [1.29, 1.82) is 0 Å². The molecule has 1 aromatic heterocycles. The van der Waals surface area contributed by atoms with Crippen LogP contribution in [0.2, 0.25) is 0 Å². The van der Waals surface area contributed by atoms with Crippen LogP contribution in [0.15, 0.2) is 6.33 Å². The van der Waals surface area contributed by atoms with E-state index in [2.05, 4.69) is 27.5 Å².